The lowest BCUT2D eigenvalue weighted by atomic mass is 10.1. The lowest BCUT2D eigenvalue weighted by Crippen LogP contribution is -2.54. The van der Waals surface area contributed by atoms with Gasteiger partial charge in [-0.15, -0.1) is 0 Å². The van der Waals surface area contributed by atoms with Crippen molar-refractivity contribution in [1.82, 2.24) is 10.3 Å². The lowest BCUT2D eigenvalue weighted by Gasteiger charge is -2.25. The van der Waals surface area contributed by atoms with E-state index < -0.39 is 17.8 Å². The number of aromatic nitrogens is 1. The molecule has 3 heterocycles. The number of barbiturate groups is 1. The number of amides is 4. The van der Waals surface area contributed by atoms with Gasteiger partial charge in [0.15, 0.2) is 0 Å². The zero-order chi connectivity index (χ0) is 19.7. The van der Waals surface area contributed by atoms with Crippen LogP contribution in [0.25, 0.3) is 17.4 Å². The van der Waals surface area contributed by atoms with E-state index in [-0.39, 0.29) is 11.3 Å². The molecule has 0 radical (unpaired) electrons. The summed E-state index contributed by atoms with van der Waals surface area (Å²) in [5, 5.41) is 2.16. The van der Waals surface area contributed by atoms with Gasteiger partial charge in [-0.3, -0.25) is 19.9 Å². The van der Waals surface area contributed by atoms with Gasteiger partial charge in [-0.2, -0.15) is 0 Å². The Morgan fingerprint density at radius 1 is 1.04 bits per heavy atom. The number of hydrogen-bond acceptors (Lipinski definition) is 5. The number of carbonyl (C=O) groups is 3. The smallest absolute Gasteiger partial charge is 0.336 e. The minimum Gasteiger partial charge on any atom is -0.457 e. The van der Waals surface area contributed by atoms with Crippen LogP contribution in [0.3, 0.4) is 0 Å². The Hall–Kier alpha value is -3.52. The molecule has 138 valence electrons. The van der Waals surface area contributed by atoms with Crippen molar-refractivity contribution in [2.75, 3.05) is 4.90 Å². The number of urea groups is 1. The van der Waals surface area contributed by atoms with Crippen molar-refractivity contribution in [2.45, 2.75) is 0 Å². The molecule has 3 aromatic rings. The number of nitrogens with one attached hydrogen (secondary N) is 1. The Labute approximate surface area is 167 Å². The largest absolute Gasteiger partial charge is 0.457 e. The highest BCUT2D eigenvalue weighted by molar-refractivity contribution is 9.10. The van der Waals surface area contributed by atoms with E-state index in [1.807, 2.05) is 24.3 Å². The molecule has 1 aliphatic rings. The van der Waals surface area contributed by atoms with E-state index in [4.69, 9.17) is 4.42 Å². The predicted octanol–water partition coefficient (Wildman–Crippen LogP) is 3.77. The molecule has 4 rings (SSSR count). The molecule has 0 saturated carbocycles. The maximum Gasteiger partial charge on any atom is 0.336 e. The van der Waals surface area contributed by atoms with Gasteiger partial charge in [0.05, 0.1) is 11.9 Å². The standard InChI is InChI=1S/C20H12BrN3O4/c21-13-5-3-12(4-6-13)17-8-7-15(28-17)10-16-18(25)23-20(27)24(19(16)26)14-2-1-9-22-11-14/h1-11H,(H,23,25,27)/b16-10-. The average molecular weight is 438 g/mol. The highest BCUT2D eigenvalue weighted by Gasteiger charge is 2.37. The van der Waals surface area contributed by atoms with Gasteiger partial charge < -0.3 is 4.42 Å². The fraction of sp³-hybridized carbons (Fsp3) is 0. The zero-order valence-electron chi connectivity index (χ0n) is 14.3. The molecular formula is C20H12BrN3O4. The number of benzene rings is 1. The van der Waals surface area contributed by atoms with Gasteiger partial charge in [0.25, 0.3) is 11.8 Å². The quantitative estimate of drug-likeness (QED) is 0.497. The van der Waals surface area contributed by atoms with Crippen molar-refractivity contribution < 1.29 is 18.8 Å². The molecule has 1 aliphatic heterocycles. The summed E-state index contributed by atoms with van der Waals surface area (Å²) in [5.74, 6) is -0.625. The van der Waals surface area contributed by atoms with Crippen LogP contribution in [0.4, 0.5) is 10.5 Å². The second kappa shape index (κ2) is 7.24. The van der Waals surface area contributed by atoms with Crippen molar-refractivity contribution in [3.8, 4) is 11.3 Å². The van der Waals surface area contributed by atoms with Crippen LogP contribution >= 0.6 is 15.9 Å². The number of carbonyl (C=O) groups excluding carboxylic acids is 3. The van der Waals surface area contributed by atoms with Crippen molar-refractivity contribution in [1.29, 1.82) is 0 Å². The Morgan fingerprint density at radius 2 is 1.82 bits per heavy atom. The summed E-state index contributed by atoms with van der Waals surface area (Å²) in [6.45, 7) is 0. The fourth-order valence-electron chi connectivity index (χ4n) is 2.72. The van der Waals surface area contributed by atoms with Crippen LogP contribution in [-0.4, -0.2) is 22.8 Å². The number of anilines is 1. The van der Waals surface area contributed by atoms with Crippen molar-refractivity contribution >= 4 is 45.5 Å². The molecule has 7 nitrogen and oxygen atoms in total. The lowest BCUT2D eigenvalue weighted by molar-refractivity contribution is -0.122. The second-order valence-electron chi connectivity index (χ2n) is 5.88. The van der Waals surface area contributed by atoms with Crippen molar-refractivity contribution in [3.63, 3.8) is 0 Å². The number of halogens is 1. The monoisotopic (exact) mass is 437 g/mol. The molecular weight excluding hydrogens is 426 g/mol. The van der Waals surface area contributed by atoms with Crippen LogP contribution in [0.2, 0.25) is 0 Å². The number of hydrogen-bond donors (Lipinski definition) is 1. The van der Waals surface area contributed by atoms with Crippen LogP contribution in [-0.2, 0) is 9.59 Å². The molecule has 8 heteroatoms. The molecule has 1 fully saturated rings. The Morgan fingerprint density at radius 3 is 2.54 bits per heavy atom. The molecule has 1 N–H and O–H groups in total. The van der Waals surface area contributed by atoms with Crippen LogP contribution in [0.1, 0.15) is 5.76 Å². The molecule has 0 unspecified atom stereocenters. The molecule has 1 saturated heterocycles. The molecule has 4 amide bonds. The van der Waals surface area contributed by atoms with E-state index in [1.54, 1.807) is 24.3 Å². The summed E-state index contributed by atoms with van der Waals surface area (Å²) in [6, 6.07) is 13.2. The van der Waals surface area contributed by atoms with Gasteiger partial charge in [0, 0.05) is 16.2 Å². The minimum atomic E-state index is -0.824. The van der Waals surface area contributed by atoms with E-state index in [2.05, 4.69) is 26.2 Å². The molecule has 2 aromatic heterocycles. The van der Waals surface area contributed by atoms with Crippen LogP contribution in [0.15, 0.2) is 75.4 Å². The number of nitrogens with zero attached hydrogens (tertiary/aromatic N) is 2. The second-order valence-corrected chi connectivity index (χ2v) is 6.79. The van der Waals surface area contributed by atoms with E-state index in [9.17, 15) is 14.4 Å². The normalized spacial score (nSPS) is 15.8. The highest BCUT2D eigenvalue weighted by atomic mass is 79.9. The summed E-state index contributed by atoms with van der Waals surface area (Å²) in [5.41, 5.74) is 0.901. The first-order valence-electron chi connectivity index (χ1n) is 8.20. The zero-order valence-corrected chi connectivity index (χ0v) is 15.8. The summed E-state index contributed by atoms with van der Waals surface area (Å²) < 4.78 is 6.68. The molecule has 0 atom stereocenters. The fourth-order valence-corrected chi connectivity index (χ4v) is 2.98. The third-order valence-electron chi connectivity index (χ3n) is 4.05. The highest BCUT2D eigenvalue weighted by Crippen LogP contribution is 2.26. The Balaban J connectivity index is 1.67. The van der Waals surface area contributed by atoms with E-state index in [0.717, 1.165) is 14.9 Å². The maximum absolute atomic E-state index is 12.8. The van der Waals surface area contributed by atoms with Gasteiger partial charge in [-0.1, -0.05) is 28.1 Å². The van der Waals surface area contributed by atoms with Gasteiger partial charge in [0.2, 0.25) is 0 Å². The topological polar surface area (TPSA) is 92.5 Å². The Kier molecular flexibility index (Phi) is 4.62. The van der Waals surface area contributed by atoms with E-state index >= 15 is 0 Å². The number of imide groups is 2. The third kappa shape index (κ3) is 3.37. The van der Waals surface area contributed by atoms with Crippen molar-refractivity contribution in [2.24, 2.45) is 0 Å². The maximum atomic E-state index is 12.8. The first kappa shape index (κ1) is 17.9. The van der Waals surface area contributed by atoms with Gasteiger partial charge in [-0.05, 0) is 42.5 Å². The van der Waals surface area contributed by atoms with E-state index in [1.165, 1.54) is 18.5 Å². The molecule has 1 aromatic carbocycles. The van der Waals surface area contributed by atoms with Crippen LogP contribution in [0.5, 0.6) is 0 Å². The number of furan rings is 1. The first-order chi connectivity index (χ1) is 13.5. The molecule has 28 heavy (non-hydrogen) atoms. The molecule has 0 spiro atoms. The summed E-state index contributed by atoms with van der Waals surface area (Å²) >= 11 is 3.37. The third-order valence-corrected chi connectivity index (χ3v) is 4.58. The van der Waals surface area contributed by atoms with Crippen molar-refractivity contribution in [3.05, 3.63) is 76.7 Å². The van der Waals surface area contributed by atoms with E-state index in [0.29, 0.717) is 11.5 Å². The number of rotatable bonds is 3. The first-order valence-corrected chi connectivity index (χ1v) is 8.99. The predicted molar refractivity (Wildman–Crippen MR) is 105 cm³/mol. The van der Waals surface area contributed by atoms with Gasteiger partial charge in [-0.25, -0.2) is 9.69 Å². The summed E-state index contributed by atoms with van der Waals surface area (Å²) in [6.07, 6.45) is 4.20. The average Bonchev–Trinajstić information content (AvgIpc) is 3.15. The number of pyridine rings is 1. The van der Waals surface area contributed by atoms with Crippen LogP contribution < -0.4 is 10.2 Å². The van der Waals surface area contributed by atoms with Crippen LogP contribution in [0, 0.1) is 0 Å². The van der Waals surface area contributed by atoms with Gasteiger partial charge in [0.1, 0.15) is 17.1 Å². The minimum absolute atomic E-state index is 0.208. The summed E-state index contributed by atoms with van der Waals surface area (Å²) in [4.78, 5) is 41.8. The molecule has 0 aliphatic carbocycles. The molecule has 0 bridgehead atoms. The summed E-state index contributed by atoms with van der Waals surface area (Å²) in [7, 11) is 0. The SMILES string of the molecule is O=C1NC(=O)N(c2cccnc2)C(=O)/C1=C\c1ccc(-c2ccc(Br)cc2)o1. The van der Waals surface area contributed by atoms with Gasteiger partial charge >= 0.3 is 6.03 Å². The Bertz CT molecular complexity index is 1100.